The molecule has 0 saturated heterocycles. The SMILES string of the molecule is C=CCN(CCOC)Cc1cccc(CN)c1. The molecule has 0 amide bonds. The van der Waals surface area contributed by atoms with Crippen molar-refractivity contribution in [2.24, 2.45) is 5.73 Å². The lowest BCUT2D eigenvalue weighted by Gasteiger charge is -2.20. The molecule has 0 aliphatic carbocycles. The number of nitrogens with zero attached hydrogens (tertiary/aromatic N) is 1. The molecule has 0 saturated carbocycles. The van der Waals surface area contributed by atoms with Gasteiger partial charge in [-0.1, -0.05) is 30.3 Å². The fourth-order valence-corrected chi connectivity index (χ4v) is 1.75. The van der Waals surface area contributed by atoms with E-state index in [9.17, 15) is 0 Å². The van der Waals surface area contributed by atoms with Crippen molar-refractivity contribution >= 4 is 0 Å². The lowest BCUT2D eigenvalue weighted by Crippen LogP contribution is -2.27. The van der Waals surface area contributed by atoms with Gasteiger partial charge in [0, 0.05) is 33.3 Å². The summed E-state index contributed by atoms with van der Waals surface area (Å²) < 4.78 is 5.11. The highest BCUT2D eigenvalue weighted by molar-refractivity contribution is 5.23. The summed E-state index contributed by atoms with van der Waals surface area (Å²) in [7, 11) is 1.72. The third kappa shape index (κ3) is 5.13. The molecule has 0 unspecified atom stereocenters. The third-order valence-electron chi connectivity index (χ3n) is 2.63. The highest BCUT2D eigenvalue weighted by Gasteiger charge is 2.04. The molecule has 0 atom stereocenters. The summed E-state index contributed by atoms with van der Waals surface area (Å²) in [6.45, 7) is 7.80. The summed E-state index contributed by atoms with van der Waals surface area (Å²) in [6.07, 6.45) is 1.92. The van der Waals surface area contributed by atoms with Crippen LogP contribution in [0.4, 0.5) is 0 Å². The molecule has 3 heteroatoms. The van der Waals surface area contributed by atoms with Crippen LogP contribution >= 0.6 is 0 Å². The van der Waals surface area contributed by atoms with Gasteiger partial charge in [-0.15, -0.1) is 6.58 Å². The van der Waals surface area contributed by atoms with Crippen LogP contribution in [0.15, 0.2) is 36.9 Å². The topological polar surface area (TPSA) is 38.5 Å². The van der Waals surface area contributed by atoms with Crippen molar-refractivity contribution < 1.29 is 4.74 Å². The lowest BCUT2D eigenvalue weighted by atomic mass is 10.1. The summed E-state index contributed by atoms with van der Waals surface area (Å²) >= 11 is 0. The van der Waals surface area contributed by atoms with E-state index in [-0.39, 0.29) is 0 Å². The Morgan fingerprint density at radius 2 is 2.18 bits per heavy atom. The standard InChI is InChI=1S/C14H22N2O/c1-3-7-16(8-9-17-2)12-14-6-4-5-13(10-14)11-15/h3-6,10H,1,7-9,11-12,15H2,2H3. The maximum atomic E-state index is 5.64. The van der Waals surface area contributed by atoms with Crippen LogP contribution in [0, 0.1) is 0 Å². The van der Waals surface area contributed by atoms with E-state index >= 15 is 0 Å². The van der Waals surface area contributed by atoms with Crippen LogP contribution in [0.5, 0.6) is 0 Å². The van der Waals surface area contributed by atoms with Gasteiger partial charge in [0.2, 0.25) is 0 Å². The molecule has 0 bridgehead atoms. The van der Waals surface area contributed by atoms with E-state index in [2.05, 4.69) is 35.7 Å². The van der Waals surface area contributed by atoms with Gasteiger partial charge in [0.15, 0.2) is 0 Å². The molecule has 0 aliphatic rings. The predicted molar refractivity (Wildman–Crippen MR) is 71.7 cm³/mol. The lowest BCUT2D eigenvalue weighted by molar-refractivity contribution is 0.151. The van der Waals surface area contributed by atoms with Crippen molar-refractivity contribution in [1.29, 1.82) is 0 Å². The molecule has 1 rings (SSSR count). The van der Waals surface area contributed by atoms with Crippen molar-refractivity contribution in [2.75, 3.05) is 26.8 Å². The maximum Gasteiger partial charge on any atom is 0.0589 e. The van der Waals surface area contributed by atoms with Gasteiger partial charge >= 0.3 is 0 Å². The molecule has 0 aliphatic heterocycles. The van der Waals surface area contributed by atoms with Crippen molar-refractivity contribution in [3.63, 3.8) is 0 Å². The Balaban J connectivity index is 2.60. The van der Waals surface area contributed by atoms with Crippen LogP contribution in [0.2, 0.25) is 0 Å². The molecule has 0 radical (unpaired) electrons. The summed E-state index contributed by atoms with van der Waals surface area (Å²) in [5.41, 5.74) is 8.10. The smallest absolute Gasteiger partial charge is 0.0589 e. The van der Waals surface area contributed by atoms with Crippen LogP contribution in [0.25, 0.3) is 0 Å². The Bertz CT molecular complexity index is 339. The predicted octanol–water partition coefficient (Wildman–Crippen LogP) is 1.78. The molecule has 0 aromatic heterocycles. The van der Waals surface area contributed by atoms with Crippen molar-refractivity contribution in [3.05, 3.63) is 48.0 Å². The number of hydrogen-bond acceptors (Lipinski definition) is 3. The van der Waals surface area contributed by atoms with Crippen LogP contribution in [0.1, 0.15) is 11.1 Å². The van der Waals surface area contributed by atoms with Crippen LogP contribution in [-0.2, 0) is 17.8 Å². The first-order valence-electron chi connectivity index (χ1n) is 5.90. The van der Waals surface area contributed by atoms with Crippen molar-refractivity contribution in [2.45, 2.75) is 13.1 Å². The molecule has 94 valence electrons. The molecule has 1 aromatic rings. The maximum absolute atomic E-state index is 5.64. The summed E-state index contributed by atoms with van der Waals surface area (Å²) in [6, 6.07) is 8.39. The van der Waals surface area contributed by atoms with E-state index in [1.54, 1.807) is 7.11 Å². The molecule has 0 spiro atoms. The van der Waals surface area contributed by atoms with Crippen LogP contribution in [0.3, 0.4) is 0 Å². The fraction of sp³-hybridized carbons (Fsp3) is 0.429. The average Bonchev–Trinajstić information content (AvgIpc) is 2.36. The van der Waals surface area contributed by atoms with Gasteiger partial charge in [0.1, 0.15) is 0 Å². The molecule has 2 N–H and O–H groups in total. The van der Waals surface area contributed by atoms with Gasteiger partial charge < -0.3 is 10.5 Å². The Kier molecular flexibility index (Phi) is 6.55. The molecule has 1 aromatic carbocycles. The minimum absolute atomic E-state index is 0.591. The number of hydrogen-bond donors (Lipinski definition) is 1. The first-order valence-corrected chi connectivity index (χ1v) is 5.90. The molecule has 0 heterocycles. The van der Waals surface area contributed by atoms with Crippen LogP contribution < -0.4 is 5.73 Å². The average molecular weight is 234 g/mol. The van der Waals surface area contributed by atoms with E-state index in [1.807, 2.05) is 6.08 Å². The third-order valence-corrected chi connectivity index (χ3v) is 2.63. The van der Waals surface area contributed by atoms with Gasteiger partial charge in [-0.3, -0.25) is 4.90 Å². The zero-order valence-electron chi connectivity index (χ0n) is 10.6. The van der Waals surface area contributed by atoms with Gasteiger partial charge in [-0.05, 0) is 11.1 Å². The van der Waals surface area contributed by atoms with E-state index in [0.717, 1.165) is 26.2 Å². The van der Waals surface area contributed by atoms with E-state index in [4.69, 9.17) is 10.5 Å². The second-order valence-corrected chi connectivity index (χ2v) is 4.04. The Hall–Kier alpha value is -1.16. The van der Waals surface area contributed by atoms with E-state index in [0.29, 0.717) is 6.54 Å². The number of methoxy groups -OCH3 is 1. The van der Waals surface area contributed by atoms with Crippen molar-refractivity contribution in [1.82, 2.24) is 4.90 Å². The van der Waals surface area contributed by atoms with E-state index in [1.165, 1.54) is 11.1 Å². The number of rotatable bonds is 8. The Morgan fingerprint density at radius 3 is 2.82 bits per heavy atom. The van der Waals surface area contributed by atoms with Gasteiger partial charge in [0.05, 0.1) is 6.61 Å². The zero-order chi connectivity index (χ0) is 12.5. The quantitative estimate of drug-likeness (QED) is 0.697. The monoisotopic (exact) mass is 234 g/mol. The highest BCUT2D eigenvalue weighted by atomic mass is 16.5. The summed E-state index contributed by atoms with van der Waals surface area (Å²) in [5, 5.41) is 0. The van der Waals surface area contributed by atoms with Gasteiger partial charge in [-0.2, -0.15) is 0 Å². The highest BCUT2D eigenvalue weighted by Crippen LogP contribution is 2.08. The zero-order valence-corrected chi connectivity index (χ0v) is 10.6. The number of nitrogens with two attached hydrogens (primary N) is 1. The normalized spacial score (nSPS) is 10.8. The fourth-order valence-electron chi connectivity index (χ4n) is 1.75. The van der Waals surface area contributed by atoms with Crippen LogP contribution in [-0.4, -0.2) is 31.7 Å². The van der Waals surface area contributed by atoms with Crippen molar-refractivity contribution in [3.8, 4) is 0 Å². The Labute approximate surface area is 104 Å². The summed E-state index contributed by atoms with van der Waals surface area (Å²) in [5.74, 6) is 0. The largest absolute Gasteiger partial charge is 0.383 e. The Morgan fingerprint density at radius 1 is 1.41 bits per heavy atom. The number of ether oxygens (including phenoxy) is 1. The second kappa shape index (κ2) is 8.01. The first-order chi connectivity index (χ1) is 8.30. The van der Waals surface area contributed by atoms with Gasteiger partial charge in [-0.25, -0.2) is 0 Å². The summed E-state index contributed by atoms with van der Waals surface area (Å²) in [4.78, 5) is 2.30. The molecule has 3 nitrogen and oxygen atoms in total. The number of benzene rings is 1. The second-order valence-electron chi connectivity index (χ2n) is 4.04. The molecule has 17 heavy (non-hydrogen) atoms. The van der Waals surface area contributed by atoms with E-state index < -0.39 is 0 Å². The molecule has 0 fully saturated rings. The minimum atomic E-state index is 0.591. The molecular weight excluding hydrogens is 212 g/mol. The molecular formula is C14H22N2O. The minimum Gasteiger partial charge on any atom is -0.383 e. The first kappa shape index (κ1) is 13.9. The van der Waals surface area contributed by atoms with Gasteiger partial charge in [0.25, 0.3) is 0 Å².